The van der Waals surface area contributed by atoms with Gasteiger partial charge in [0.25, 0.3) is 0 Å². The minimum Gasteiger partial charge on any atom is -0.475 e. The second kappa shape index (κ2) is 18.5. The number of benzene rings is 4. The topological polar surface area (TPSA) is 250 Å². The van der Waals surface area contributed by atoms with Crippen LogP contribution in [0.15, 0.2) is 97.1 Å². The predicted molar refractivity (Wildman–Crippen MR) is 189 cm³/mol. The summed E-state index contributed by atoms with van der Waals surface area (Å²) in [6, 6.07) is 27.5. The lowest BCUT2D eigenvalue weighted by atomic mass is 9.89. The van der Waals surface area contributed by atoms with Crippen molar-refractivity contribution in [1.29, 1.82) is 10.8 Å². The summed E-state index contributed by atoms with van der Waals surface area (Å²) in [5.41, 5.74) is 19.3. The Kier molecular flexibility index (Phi) is 14.2. The van der Waals surface area contributed by atoms with Crippen LogP contribution in [-0.4, -0.2) is 59.4 Å². The number of hydrogen-bond acceptors (Lipinski definition) is 6. The van der Waals surface area contributed by atoms with E-state index in [9.17, 15) is 27.6 Å². The first kappa shape index (κ1) is 40.0. The molecule has 0 aliphatic rings. The van der Waals surface area contributed by atoms with Crippen LogP contribution in [0.1, 0.15) is 47.1 Å². The normalized spacial score (nSPS) is 12.6. The third-order valence-electron chi connectivity index (χ3n) is 7.77. The Balaban J connectivity index is 0.000000944. The summed E-state index contributed by atoms with van der Waals surface area (Å²) in [5.74, 6) is -5.36. The fourth-order valence-corrected chi connectivity index (χ4v) is 5.10. The SMILES string of the molecule is N=C(N)NCCCC(NC(=O)[C@@H](NC(=O)[C@@H](Cc1ccc(C(=N)N)cc1)c1ccc2ccccc2c1)c1ccccc1)C(N)=O.O=C(O)C(F)(F)F. The summed E-state index contributed by atoms with van der Waals surface area (Å²) in [4.78, 5) is 49.0. The zero-order chi connectivity index (χ0) is 38.4. The number of nitrogen functional groups attached to an aromatic ring is 1. The Morgan fingerprint density at radius 3 is 1.90 bits per heavy atom. The molecule has 4 rings (SSSR count). The van der Waals surface area contributed by atoms with E-state index in [1.165, 1.54) is 0 Å². The van der Waals surface area contributed by atoms with Gasteiger partial charge in [0.05, 0.1) is 5.92 Å². The van der Waals surface area contributed by atoms with Crippen molar-refractivity contribution in [2.75, 3.05) is 6.54 Å². The van der Waals surface area contributed by atoms with Crippen LogP contribution in [0, 0.1) is 10.8 Å². The lowest BCUT2D eigenvalue weighted by Gasteiger charge is -2.25. The Labute approximate surface area is 296 Å². The van der Waals surface area contributed by atoms with Gasteiger partial charge < -0.3 is 38.3 Å². The smallest absolute Gasteiger partial charge is 0.475 e. The molecule has 0 saturated heterocycles. The van der Waals surface area contributed by atoms with E-state index in [0.29, 0.717) is 30.5 Å². The average Bonchev–Trinajstić information content (AvgIpc) is 3.10. The molecule has 0 radical (unpaired) electrons. The molecule has 0 bridgehead atoms. The standard InChI is InChI=1S/C34H38N8O3.C2HF3O2/c35-30(36)24-14-12-21(13-15-24)19-27(26-17-16-22-7-4-5-10-25(22)20-26)32(44)42-29(23-8-2-1-3-9-23)33(45)41-28(31(37)43)11-6-18-40-34(38)39;3-2(4,5)1(6)7/h1-5,7-10,12-17,20,27-29H,6,11,18-19H2,(H3,35,36)(H2,37,43)(H,41,45)(H,42,44)(H4,38,39,40);(H,6,7)/t27-,28?,29-;/m0./s1. The third-order valence-corrected chi connectivity index (χ3v) is 7.77. The number of primary amides is 1. The van der Waals surface area contributed by atoms with Crippen LogP contribution < -0.4 is 33.2 Å². The monoisotopic (exact) mass is 720 g/mol. The number of carbonyl (C=O) groups is 4. The van der Waals surface area contributed by atoms with Gasteiger partial charge in [-0.05, 0) is 46.7 Å². The van der Waals surface area contributed by atoms with Gasteiger partial charge in [0.15, 0.2) is 5.96 Å². The van der Waals surface area contributed by atoms with Crippen molar-refractivity contribution < 1.29 is 37.5 Å². The van der Waals surface area contributed by atoms with Crippen LogP contribution in [0.25, 0.3) is 10.8 Å². The van der Waals surface area contributed by atoms with Crippen molar-refractivity contribution in [2.24, 2.45) is 17.2 Å². The van der Waals surface area contributed by atoms with Crippen molar-refractivity contribution in [3.63, 3.8) is 0 Å². The quantitative estimate of drug-likeness (QED) is 0.0530. The molecule has 0 aliphatic heterocycles. The lowest BCUT2D eigenvalue weighted by molar-refractivity contribution is -0.192. The highest BCUT2D eigenvalue weighted by molar-refractivity contribution is 5.96. The van der Waals surface area contributed by atoms with Gasteiger partial charge in [-0.25, -0.2) is 4.79 Å². The molecule has 52 heavy (non-hydrogen) atoms. The zero-order valence-electron chi connectivity index (χ0n) is 27.7. The number of fused-ring (bicyclic) bond motifs is 1. The van der Waals surface area contributed by atoms with Crippen molar-refractivity contribution in [3.8, 4) is 0 Å². The van der Waals surface area contributed by atoms with E-state index >= 15 is 0 Å². The molecule has 4 aromatic carbocycles. The zero-order valence-corrected chi connectivity index (χ0v) is 27.7. The van der Waals surface area contributed by atoms with Gasteiger partial charge in [-0.1, -0.05) is 97.1 Å². The number of amidine groups is 1. The van der Waals surface area contributed by atoms with Gasteiger partial charge in [-0.3, -0.25) is 25.2 Å². The summed E-state index contributed by atoms with van der Waals surface area (Å²) in [7, 11) is 0. The van der Waals surface area contributed by atoms with Gasteiger partial charge >= 0.3 is 12.1 Å². The summed E-state index contributed by atoms with van der Waals surface area (Å²) >= 11 is 0. The van der Waals surface area contributed by atoms with Gasteiger partial charge in [-0.15, -0.1) is 0 Å². The van der Waals surface area contributed by atoms with Crippen LogP contribution in [0.2, 0.25) is 0 Å². The molecule has 0 fully saturated rings. The number of rotatable bonds is 14. The van der Waals surface area contributed by atoms with Gasteiger partial charge in [0.1, 0.15) is 17.9 Å². The fourth-order valence-electron chi connectivity index (χ4n) is 5.10. The number of halogens is 3. The summed E-state index contributed by atoms with van der Waals surface area (Å²) in [5, 5.41) is 32.4. The Bertz CT molecular complexity index is 1890. The molecule has 274 valence electrons. The molecular weight excluding hydrogens is 681 g/mol. The van der Waals surface area contributed by atoms with E-state index in [1.807, 2.05) is 54.6 Å². The van der Waals surface area contributed by atoms with E-state index in [2.05, 4.69) is 16.0 Å². The van der Waals surface area contributed by atoms with E-state index in [4.69, 9.17) is 37.9 Å². The van der Waals surface area contributed by atoms with Crippen LogP contribution in [0.5, 0.6) is 0 Å². The lowest BCUT2D eigenvalue weighted by Crippen LogP contribution is -2.50. The first-order valence-electron chi connectivity index (χ1n) is 15.8. The number of alkyl halides is 3. The molecule has 0 spiro atoms. The molecular formula is C36H39F3N8O5. The second-order valence-corrected chi connectivity index (χ2v) is 11.6. The molecule has 1 unspecified atom stereocenters. The number of guanidine groups is 1. The van der Waals surface area contributed by atoms with E-state index in [0.717, 1.165) is 21.9 Å². The molecule has 13 nitrogen and oxygen atoms in total. The minimum atomic E-state index is -5.08. The molecule has 0 heterocycles. The molecule has 3 amide bonds. The predicted octanol–water partition coefficient (Wildman–Crippen LogP) is 3.17. The Hall–Kier alpha value is -6.45. The number of carbonyl (C=O) groups excluding carboxylic acids is 3. The van der Waals surface area contributed by atoms with Crippen molar-refractivity contribution in [2.45, 2.75) is 43.4 Å². The number of carboxylic acids is 1. The molecule has 0 aromatic heterocycles. The number of nitrogens with one attached hydrogen (secondary N) is 5. The molecule has 12 N–H and O–H groups in total. The van der Waals surface area contributed by atoms with Gasteiger partial charge in [0.2, 0.25) is 17.7 Å². The Morgan fingerprint density at radius 1 is 0.750 bits per heavy atom. The third kappa shape index (κ3) is 12.2. The highest BCUT2D eigenvalue weighted by atomic mass is 19.4. The molecule has 16 heteroatoms. The minimum absolute atomic E-state index is 0.0496. The first-order chi connectivity index (χ1) is 24.6. The summed E-state index contributed by atoms with van der Waals surface area (Å²) < 4.78 is 31.7. The molecule has 0 aliphatic carbocycles. The number of carboxylic acid groups (broad SMARTS) is 1. The van der Waals surface area contributed by atoms with E-state index in [-0.39, 0.29) is 24.1 Å². The van der Waals surface area contributed by atoms with Crippen LogP contribution in [0.4, 0.5) is 13.2 Å². The van der Waals surface area contributed by atoms with Crippen molar-refractivity contribution in [3.05, 3.63) is 119 Å². The van der Waals surface area contributed by atoms with Crippen molar-refractivity contribution >= 4 is 46.3 Å². The molecule has 3 atom stereocenters. The van der Waals surface area contributed by atoms with E-state index in [1.54, 1.807) is 42.5 Å². The number of aliphatic carboxylic acids is 1. The van der Waals surface area contributed by atoms with E-state index < -0.39 is 42.0 Å². The molecule has 0 saturated carbocycles. The summed E-state index contributed by atoms with van der Waals surface area (Å²) in [6.45, 7) is 0.328. The Morgan fingerprint density at radius 2 is 1.35 bits per heavy atom. The second-order valence-electron chi connectivity index (χ2n) is 11.6. The number of nitrogens with two attached hydrogens (primary N) is 3. The number of amides is 3. The summed E-state index contributed by atoms with van der Waals surface area (Å²) in [6.07, 6.45) is -4.13. The maximum atomic E-state index is 14.2. The highest BCUT2D eigenvalue weighted by Crippen LogP contribution is 2.27. The fraction of sp³-hybridized carbons (Fsp3) is 0.222. The van der Waals surface area contributed by atoms with Crippen molar-refractivity contribution in [1.82, 2.24) is 16.0 Å². The van der Waals surface area contributed by atoms with Crippen LogP contribution in [-0.2, 0) is 25.6 Å². The highest BCUT2D eigenvalue weighted by Gasteiger charge is 2.38. The maximum Gasteiger partial charge on any atom is 0.490 e. The van der Waals surface area contributed by atoms with Crippen LogP contribution >= 0.6 is 0 Å². The van der Waals surface area contributed by atoms with Gasteiger partial charge in [0, 0.05) is 12.1 Å². The number of hydrogen-bond donors (Lipinski definition) is 9. The maximum absolute atomic E-state index is 14.2. The van der Waals surface area contributed by atoms with Crippen LogP contribution in [0.3, 0.4) is 0 Å². The average molecular weight is 721 g/mol. The first-order valence-corrected chi connectivity index (χ1v) is 15.8. The largest absolute Gasteiger partial charge is 0.490 e. The van der Waals surface area contributed by atoms with Gasteiger partial charge in [-0.2, -0.15) is 13.2 Å². The molecule has 4 aromatic rings.